The first-order valence-electron chi connectivity index (χ1n) is 17.9. The van der Waals surface area contributed by atoms with Crippen molar-refractivity contribution < 1.29 is 0 Å². The summed E-state index contributed by atoms with van der Waals surface area (Å²) >= 11 is 0. The summed E-state index contributed by atoms with van der Waals surface area (Å²) in [5, 5.41) is 9.98. The van der Waals surface area contributed by atoms with Crippen molar-refractivity contribution in [2.24, 2.45) is 0 Å². The lowest BCUT2D eigenvalue weighted by Crippen LogP contribution is -1.92. The summed E-state index contributed by atoms with van der Waals surface area (Å²) in [6.45, 7) is 0. The van der Waals surface area contributed by atoms with Gasteiger partial charge in [-0.25, -0.2) is 0 Å². The summed E-state index contributed by atoms with van der Waals surface area (Å²) in [6, 6.07) is 70.4. The molecule has 10 aromatic rings. The molecule has 0 atom stereocenters. The van der Waals surface area contributed by atoms with Gasteiger partial charge in [0.1, 0.15) is 0 Å². The molecule has 0 amide bonds. The second kappa shape index (κ2) is 12.5. The molecule has 0 saturated heterocycles. The van der Waals surface area contributed by atoms with Gasteiger partial charge < -0.3 is 0 Å². The van der Waals surface area contributed by atoms with Crippen molar-refractivity contribution in [3.63, 3.8) is 0 Å². The van der Waals surface area contributed by atoms with Crippen LogP contribution >= 0.6 is 0 Å². The van der Waals surface area contributed by atoms with E-state index in [1.807, 2.05) is 6.20 Å². The molecule has 0 bridgehead atoms. The maximum Gasteiger partial charge on any atom is 0.0714 e. The highest BCUT2D eigenvalue weighted by Crippen LogP contribution is 2.46. The average Bonchev–Trinajstić information content (AvgIpc) is 3.22. The van der Waals surface area contributed by atoms with Gasteiger partial charge in [-0.3, -0.25) is 4.98 Å². The SMILES string of the molecule is c1ccc(-c2cccc3c(-c4c5ccccc5c(-c5ccc(-c6ccnc(-c7cccc8ccccc78)c6)cc5)c5ccccc45)cccc23)cc1. The van der Waals surface area contributed by atoms with E-state index in [1.165, 1.54) is 82.0 Å². The highest BCUT2D eigenvalue weighted by Gasteiger charge is 2.19. The molecule has 242 valence electrons. The molecule has 52 heavy (non-hydrogen) atoms. The van der Waals surface area contributed by atoms with E-state index in [4.69, 9.17) is 4.98 Å². The van der Waals surface area contributed by atoms with Crippen molar-refractivity contribution >= 4 is 43.1 Å². The number of aromatic nitrogens is 1. The van der Waals surface area contributed by atoms with Gasteiger partial charge in [0.05, 0.1) is 5.69 Å². The Hall–Kier alpha value is -6.83. The Morgan fingerprint density at radius 1 is 0.269 bits per heavy atom. The zero-order valence-corrected chi connectivity index (χ0v) is 28.5. The van der Waals surface area contributed by atoms with Gasteiger partial charge in [-0.15, -0.1) is 0 Å². The Balaban J connectivity index is 1.12. The second-order valence-corrected chi connectivity index (χ2v) is 13.4. The molecule has 1 nitrogen and oxygen atoms in total. The average molecular weight is 660 g/mol. The molecule has 0 aliphatic heterocycles. The summed E-state index contributed by atoms with van der Waals surface area (Å²) in [7, 11) is 0. The number of hydrogen-bond acceptors (Lipinski definition) is 1. The summed E-state index contributed by atoms with van der Waals surface area (Å²) in [6.07, 6.45) is 1.93. The minimum Gasteiger partial charge on any atom is -0.256 e. The van der Waals surface area contributed by atoms with E-state index in [1.54, 1.807) is 0 Å². The van der Waals surface area contributed by atoms with Crippen LogP contribution in [0.1, 0.15) is 0 Å². The third kappa shape index (κ3) is 4.98. The Morgan fingerprint density at radius 2 is 0.769 bits per heavy atom. The van der Waals surface area contributed by atoms with Crippen LogP contribution in [0.4, 0.5) is 0 Å². The predicted octanol–water partition coefficient (Wildman–Crippen LogP) is 14.0. The molecule has 0 fully saturated rings. The van der Waals surface area contributed by atoms with E-state index in [0.29, 0.717) is 0 Å². The normalized spacial score (nSPS) is 11.5. The fourth-order valence-corrected chi connectivity index (χ4v) is 8.16. The van der Waals surface area contributed by atoms with E-state index in [0.717, 1.165) is 16.8 Å². The number of fused-ring (bicyclic) bond motifs is 4. The van der Waals surface area contributed by atoms with Gasteiger partial charge in [-0.2, -0.15) is 0 Å². The van der Waals surface area contributed by atoms with Gasteiger partial charge in [0.2, 0.25) is 0 Å². The lowest BCUT2D eigenvalue weighted by molar-refractivity contribution is 1.33. The van der Waals surface area contributed by atoms with Crippen LogP contribution in [0.2, 0.25) is 0 Å². The zero-order valence-electron chi connectivity index (χ0n) is 28.5. The third-order valence-corrected chi connectivity index (χ3v) is 10.5. The molecule has 0 aliphatic rings. The van der Waals surface area contributed by atoms with E-state index in [-0.39, 0.29) is 0 Å². The fraction of sp³-hybridized carbons (Fsp3) is 0. The van der Waals surface area contributed by atoms with Crippen LogP contribution in [0.3, 0.4) is 0 Å². The van der Waals surface area contributed by atoms with Crippen molar-refractivity contribution in [1.29, 1.82) is 0 Å². The van der Waals surface area contributed by atoms with Crippen molar-refractivity contribution in [3.05, 3.63) is 200 Å². The van der Waals surface area contributed by atoms with Crippen molar-refractivity contribution in [2.45, 2.75) is 0 Å². The molecule has 1 heterocycles. The van der Waals surface area contributed by atoms with Crippen LogP contribution in [0, 0.1) is 0 Å². The molecule has 0 saturated carbocycles. The Kier molecular flexibility index (Phi) is 7.22. The zero-order chi connectivity index (χ0) is 34.4. The molecule has 0 aliphatic carbocycles. The second-order valence-electron chi connectivity index (χ2n) is 13.4. The number of nitrogens with zero attached hydrogens (tertiary/aromatic N) is 1. The summed E-state index contributed by atoms with van der Waals surface area (Å²) in [5.74, 6) is 0. The Bertz CT molecular complexity index is 2880. The molecular formula is C51H33N. The molecular weight excluding hydrogens is 627 g/mol. The van der Waals surface area contributed by atoms with E-state index < -0.39 is 0 Å². The summed E-state index contributed by atoms with van der Waals surface area (Å²) < 4.78 is 0. The maximum absolute atomic E-state index is 4.79. The molecule has 10 rings (SSSR count). The van der Waals surface area contributed by atoms with Crippen LogP contribution in [0.25, 0.3) is 98.9 Å². The molecule has 1 aromatic heterocycles. The van der Waals surface area contributed by atoms with Crippen LogP contribution in [0.15, 0.2) is 200 Å². The Morgan fingerprint density at radius 3 is 1.48 bits per heavy atom. The van der Waals surface area contributed by atoms with Gasteiger partial charge in [-0.1, -0.05) is 182 Å². The van der Waals surface area contributed by atoms with Gasteiger partial charge >= 0.3 is 0 Å². The monoisotopic (exact) mass is 659 g/mol. The molecule has 0 spiro atoms. The van der Waals surface area contributed by atoms with Gasteiger partial charge in [0.25, 0.3) is 0 Å². The van der Waals surface area contributed by atoms with Gasteiger partial charge in [-0.05, 0) is 99.7 Å². The van der Waals surface area contributed by atoms with Crippen molar-refractivity contribution in [3.8, 4) is 55.8 Å². The lowest BCUT2D eigenvalue weighted by atomic mass is 9.84. The van der Waals surface area contributed by atoms with Crippen LogP contribution < -0.4 is 0 Å². The fourth-order valence-electron chi connectivity index (χ4n) is 8.16. The van der Waals surface area contributed by atoms with Crippen LogP contribution in [-0.4, -0.2) is 4.98 Å². The predicted molar refractivity (Wildman–Crippen MR) is 221 cm³/mol. The molecule has 0 N–H and O–H groups in total. The number of hydrogen-bond donors (Lipinski definition) is 0. The third-order valence-electron chi connectivity index (χ3n) is 10.5. The summed E-state index contributed by atoms with van der Waals surface area (Å²) in [5.41, 5.74) is 11.9. The topological polar surface area (TPSA) is 12.9 Å². The maximum atomic E-state index is 4.79. The molecule has 9 aromatic carbocycles. The Labute approximate surface area is 303 Å². The van der Waals surface area contributed by atoms with Crippen molar-refractivity contribution in [1.82, 2.24) is 4.98 Å². The quantitative estimate of drug-likeness (QED) is 0.168. The van der Waals surface area contributed by atoms with Crippen LogP contribution in [0.5, 0.6) is 0 Å². The van der Waals surface area contributed by atoms with Gasteiger partial charge in [0, 0.05) is 11.8 Å². The number of rotatable bonds is 5. The standard InChI is InChI=1S/C51H33N/c1-2-13-35(14-3-1)39-22-11-24-42-41(39)23-12-26-44(42)51-47-20-8-6-18-45(47)50(46-19-7-9-21-48(46)51)37-29-27-34(28-30-37)38-31-32-52-49(33-38)43-25-10-16-36-15-4-5-17-40(36)43/h1-33H. The number of benzene rings is 9. The minimum absolute atomic E-state index is 0.982. The van der Waals surface area contributed by atoms with E-state index in [2.05, 4.69) is 194 Å². The van der Waals surface area contributed by atoms with E-state index >= 15 is 0 Å². The van der Waals surface area contributed by atoms with Crippen LogP contribution in [-0.2, 0) is 0 Å². The highest BCUT2D eigenvalue weighted by atomic mass is 14.7. The first-order chi connectivity index (χ1) is 25.8. The first-order valence-corrected chi connectivity index (χ1v) is 17.9. The smallest absolute Gasteiger partial charge is 0.0714 e. The van der Waals surface area contributed by atoms with Gasteiger partial charge in [0.15, 0.2) is 0 Å². The van der Waals surface area contributed by atoms with Crippen molar-refractivity contribution in [2.75, 3.05) is 0 Å². The molecule has 0 radical (unpaired) electrons. The highest BCUT2D eigenvalue weighted by molar-refractivity contribution is 6.24. The number of pyridine rings is 1. The molecule has 0 unspecified atom stereocenters. The van der Waals surface area contributed by atoms with E-state index in [9.17, 15) is 0 Å². The molecule has 1 heteroatoms. The first kappa shape index (κ1) is 30.0. The lowest BCUT2D eigenvalue weighted by Gasteiger charge is -2.19. The summed E-state index contributed by atoms with van der Waals surface area (Å²) in [4.78, 5) is 4.79. The largest absolute Gasteiger partial charge is 0.256 e. The minimum atomic E-state index is 0.982.